The molecule has 0 fully saturated rings. The van der Waals surface area contributed by atoms with Crippen LogP contribution in [0.3, 0.4) is 0 Å². The number of nitrogens with two attached hydrogens (primary N) is 2. The molecule has 2 aromatic rings. The largest absolute Gasteiger partial charge is 0.397 e. The first-order chi connectivity index (χ1) is 8.13. The van der Waals surface area contributed by atoms with E-state index in [0.717, 1.165) is 11.1 Å². The Morgan fingerprint density at radius 3 is 2.00 bits per heavy atom. The van der Waals surface area contributed by atoms with Gasteiger partial charge in [0.2, 0.25) is 0 Å². The monoisotopic (exact) mass is 230 g/mol. The Bertz CT molecular complexity index is 455. The van der Waals surface area contributed by atoms with E-state index in [1.165, 1.54) is 0 Å². The van der Waals surface area contributed by atoms with Crippen molar-refractivity contribution in [3.05, 3.63) is 59.7 Å². The van der Waals surface area contributed by atoms with Gasteiger partial charge in [0.1, 0.15) is 0 Å². The Balaban J connectivity index is 0.000000171. The van der Waals surface area contributed by atoms with Crippen molar-refractivity contribution in [3.8, 4) is 0 Å². The highest BCUT2D eigenvalue weighted by molar-refractivity contribution is 5.63. The Labute approximate surface area is 102 Å². The van der Waals surface area contributed by atoms with Crippen molar-refractivity contribution in [2.45, 2.75) is 13.5 Å². The van der Waals surface area contributed by atoms with Crippen LogP contribution in [0.1, 0.15) is 11.1 Å². The van der Waals surface area contributed by atoms with Gasteiger partial charge in [-0.1, -0.05) is 36.4 Å². The van der Waals surface area contributed by atoms with Crippen molar-refractivity contribution in [1.29, 1.82) is 0 Å². The fourth-order valence-electron chi connectivity index (χ4n) is 1.28. The molecule has 0 bridgehead atoms. The standard InChI is InChI=1S/C7H10N2.C7H8O/c1-5-2-3-6(8)7(9)4-5;8-6-7-4-2-1-3-5-7/h2-4H,8-9H2,1H3;1-5,8H,6H2. The highest BCUT2D eigenvalue weighted by Gasteiger charge is 1.90. The summed E-state index contributed by atoms with van der Waals surface area (Å²) < 4.78 is 0. The van der Waals surface area contributed by atoms with E-state index in [1.54, 1.807) is 0 Å². The van der Waals surface area contributed by atoms with E-state index in [2.05, 4.69) is 0 Å². The molecule has 0 aliphatic carbocycles. The van der Waals surface area contributed by atoms with Gasteiger partial charge in [0.05, 0.1) is 18.0 Å². The molecule has 0 aliphatic heterocycles. The van der Waals surface area contributed by atoms with E-state index in [9.17, 15) is 0 Å². The zero-order valence-corrected chi connectivity index (χ0v) is 9.93. The second-order valence-electron chi connectivity index (χ2n) is 3.78. The third-order valence-corrected chi connectivity index (χ3v) is 2.27. The van der Waals surface area contributed by atoms with Crippen molar-refractivity contribution in [2.24, 2.45) is 0 Å². The molecule has 3 heteroatoms. The fourth-order valence-corrected chi connectivity index (χ4v) is 1.28. The Hall–Kier alpha value is -2.00. The van der Waals surface area contributed by atoms with Crippen molar-refractivity contribution in [3.63, 3.8) is 0 Å². The molecule has 0 unspecified atom stereocenters. The van der Waals surface area contributed by atoms with E-state index in [-0.39, 0.29) is 6.61 Å². The first kappa shape index (κ1) is 13.1. The maximum Gasteiger partial charge on any atom is 0.0681 e. The molecule has 0 amide bonds. The van der Waals surface area contributed by atoms with Crippen molar-refractivity contribution in [2.75, 3.05) is 11.5 Å². The molecule has 0 atom stereocenters. The van der Waals surface area contributed by atoms with Crippen LogP contribution in [0.25, 0.3) is 0 Å². The minimum Gasteiger partial charge on any atom is -0.397 e. The summed E-state index contributed by atoms with van der Waals surface area (Å²) in [5.74, 6) is 0. The van der Waals surface area contributed by atoms with Crippen LogP contribution < -0.4 is 11.5 Å². The minimum atomic E-state index is 0.140. The molecule has 17 heavy (non-hydrogen) atoms. The molecular weight excluding hydrogens is 212 g/mol. The highest BCUT2D eigenvalue weighted by atomic mass is 16.3. The molecule has 0 heterocycles. The van der Waals surface area contributed by atoms with E-state index in [1.807, 2.05) is 55.5 Å². The molecule has 2 rings (SSSR count). The number of aliphatic hydroxyl groups excluding tert-OH is 1. The topological polar surface area (TPSA) is 72.3 Å². The van der Waals surface area contributed by atoms with Crippen LogP contribution in [-0.4, -0.2) is 5.11 Å². The lowest BCUT2D eigenvalue weighted by Gasteiger charge is -1.98. The molecule has 0 radical (unpaired) electrons. The Morgan fingerprint density at radius 2 is 1.59 bits per heavy atom. The van der Waals surface area contributed by atoms with Crippen LogP contribution in [0.4, 0.5) is 11.4 Å². The Kier molecular flexibility index (Phi) is 5.04. The molecule has 5 N–H and O–H groups in total. The number of aryl methyl sites for hydroxylation is 1. The average molecular weight is 230 g/mol. The lowest BCUT2D eigenvalue weighted by atomic mass is 10.2. The van der Waals surface area contributed by atoms with Gasteiger partial charge in [0, 0.05) is 0 Å². The predicted molar refractivity (Wildman–Crippen MR) is 72.4 cm³/mol. The van der Waals surface area contributed by atoms with Gasteiger partial charge in [-0.05, 0) is 30.2 Å². The summed E-state index contributed by atoms with van der Waals surface area (Å²) in [4.78, 5) is 0. The third kappa shape index (κ3) is 4.57. The molecule has 0 saturated heterocycles. The highest BCUT2D eigenvalue weighted by Crippen LogP contribution is 2.14. The van der Waals surface area contributed by atoms with Gasteiger partial charge >= 0.3 is 0 Å². The zero-order valence-electron chi connectivity index (χ0n) is 9.93. The van der Waals surface area contributed by atoms with Crippen molar-refractivity contribution < 1.29 is 5.11 Å². The summed E-state index contributed by atoms with van der Waals surface area (Å²) in [5.41, 5.74) is 14.4. The molecule has 0 saturated carbocycles. The summed E-state index contributed by atoms with van der Waals surface area (Å²) in [6, 6.07) is 15.1. The molecule has 2 aromatic carbocycles. The number of anilines is 2. The maximum atomic E-state index is 8.54. The second-order valence-corrected chi connectivity index (χ2v) is 3.78. The number of hydrogen-bond acceptors (Lipinski definition) is 3. The fraction of sp³-hybridized carbons (Fsp3) is 0.143. The number of rotatable bonds is 1. The first-order valence-corrected chi connectivity index (χ1v) is 5.40. The lowest BCUT2D eigenvalue weighted by Crippen LogP contribution is -1.93. The first-order valence-electron chi connectivity index (χ1n) is 5.40. The van der Waals surface area contributed by atoms with Gasteiger partial charge < -0.3 is 16.6 Å². The molecule has 0 aromatic heterocycles. The average Bonchev–Trinajstić information content (AvgIpc) is 2.36. The van der Waals surface area contributed by atoms with Crippen LogP contribution >= 0.6 is 0 Å². The van der Waals surface area contributed by atoms with Gasteiger partial charge in [-0.2, -0.15) is 0 Å². The number of aliphatic hydroxyl groups is 1. The third-order valence-electron chi connectivity index (χ3n) is 2.27. The van der Waals surface area contributed by atoms with Gasteiger partial charge in [-0.15, -0.1) is 0 Å². The van der Waals surface area contributed by atoms with Gasteiger partial charge in [-0.25, -0.2) is 0 Å². The molecule has 0 aliphatic rings. The van der Waals surface area contributed by atoms with Crippen molar-refractivity contribution in [1.82, 2.24) is 0 Å². The van der Waals surface area contributed by atoms with Gasteiger partial charge in [0.25, 0.3) is 0 Å². The zero-order chi connectivity index (χ0) is 12.7. The summed E-state index contributed by atoms with van der Waals surface area (Å²) in [6.45, 7) is 2.12. The van der Waals surface area contributed by atoms with Crippen molar-refractivity contribution >= 4 is 11.4 Å². The smallest absolute Gasteiger partial charge is 0.0681 e. The van der Waals surface area contributed by atoms with Crippen LogP contribution in [0.15, 0.2) is 48.5 Å². The van der Waals surface area contributed by atoms with Crippen LogP contribution in [-0.2, 0) is 6.61 Å². The van der Waals surface area contributed by atoms with E-state index < -0.39 is 0 Å². The molecule has 0 spiro atoms. The van der Waals surface area contributed by atoms with E-state index in [0.29, 0.717) is 11.4 Å². The maximum absolute atomic E-state index is 8.54. The van der Waals surface area contributed by atoms with Gasteiger partial charge in [0.15, 0.2) is 0 Å². The van der Waals surface area contributed by atoms with Crippen LogP contribution in [0, 0.1) is 6.92 Å². The van der Waals surface area contributed by atoms with Crippen LogP contribution in [0.5, 0.6) is 0 Å². The SMILES string of the molecule is Cc1ccc(N)c(N)c1.OCc1ccccc1. The molecule has 90 valence electrons. The summed E-state index contributed by atoms with van der Waals surface area (Å²) in [5, 5.41) is 8.54. The van der Waals surface area contributed by atoms with E-state index >= 15 is 0 Å². The predicted octanol–water partition coefficient (Wildman–Crippen LogP) is 2.34. The summed E-state index contributed by atoms with van der Waals surface area (Å²) in [6.07, 6.45) is 0. The van der Waals surface area contributed by atoms with Gasteiger partial charge in [-0.3, -0.25) is 0 Å². The number of benzene rings is 2. The summed E-state index contributed by atoms with van der Waals surface area (Å²) in [7, 11) is 0. The van der Waals surface area contributed by atoms with E-state index in [4.69, 9.17) is 16.6 Å². The lowest BCUT2D eigenvalue weighted by molar-refractivity contribution is 0.282. The second kappa shape index (κ2) is 6.55. The number of nitrogen functional groups attached to an aromatic ring is 2. The molecule has 3 nitrogen and oxygen atoms in total. The summed E-state index contributed by atoms with van der Waals surface area (Å²) >= 11 is 0. The number of hydrogen-bond donors (Lipinski definition) is 3. The minimum absolute atomic E-state index is 0.140. The Morgan fingerprint density at radius 1 is 0.941 bits per heavy atom. The normalized spacial score (nSPS) is 9.29. The quantitative estimate of drug-likeness (QED) is 0.658. The molecular formula is C14H18N2O. The van der Waals surface area contributed by atoms with Crippen LogP contribution in [0.2, 0.25) is 0 Å².